The van der Waals surface area contributed by atoms with Crippen molar-refractivity contribution in [3.8, 4) is 16.3 Å². The minimum Gasteiger partial charge on any atom is -0.489 e. The molecule has 0 aliphatic heterocycles. The zero-order valence-corrected chi connectivity index (χ0v) is 19.0. The summed E-state index contributed by atoms with van der Waals surface area (Å²) in [7, 11) is 0. The molecule has 2 N–H and O–H groups in total. The summed E-state index contributed by atoms with van der Waals surface area (Å²) in [5, 5.41) is 8.12. The Morgan fingerprint density at radius 2 is 1.78 bits per heavy atom. The molecule has 0 radical (unpaired) electrons. The number of thiazole rings is 1. The normalized spacial score (nSPS) is 10.5. The Morgan fingerprint density at radius 1 is 1.00 bits per heavy atom. The number of anilines is 1. The number of aromatic nitrogens is 1. The minimum atomic E-state index is -0.226. The number of hydrogen-bond acceptors (Lipinski definition) is 6. The molecule has 162 valence electrons. The first-order chi connectivity index (χ1) is 15.6. The van der Waals surface area contributed by atoms with E-state index in [0.717, 1.165) is 26.8 Å². The Morgan fingerprint density at radius 3 is 2.59 bits per heavy atom. The van der Waals surface area contributed by atoms with E-state index < -0.39 is 0 Å². The molecule has 4 aromatic rings. The monoisotopic (exact) mass is 463 g/mol. The van der Waals surface area contributed by atoms with Crippen molar-refractivity contribution in [1.29, 1.82) is 0 Å². The summed E-state index contributed by atoms with van der Waals surface area (Å²) < 4.78 is 5.81. The lowest BCUT2D eigenvalue weighted by molar-refractivity contribution is -0.119. The highest BCUT2D eigenvalue weighted by molar-refractivity contribution is 7.17. The molecule has 2 aromatic carbocycles. The van der Waals surface area contributed by atoms with Crippen LogP contribution in [0.1, 0.15) is 27.7 Å². The molecule has 0 saturated heterocycles. The number of benzene rings is 2. The molecule has 2 amide bonds. The van der Waals surface area contributed by atoms with Crippen LogP contribution in [0.5, 0.6) is 5.75 Å². The van der Waals surface area contributed by atoms with Crippen molar-refractivity contribution in [3.05, 3.63) is 88.1 Å². The molecule has 0 unspecified atom stereocenters. The summed E-state index contributed by atoms with van der Waals surface area (Å²) in [6.07, 6.45) is 0. The van der Waals surface area contributed by atoms with Crippen molar-refractivity contribution >= 4 is 39.6 Å². The number of carbonyl (C=O) groups is 2. The lowest BCUT2D eigenvalue weighted by atomic mass is 10.1. The Hall–Kier alpha value is -3.49. The van der Waals surface area contributed by atoms with Crippen LogP contribution in [0.25, 0.3) is 10.6 Å². The van der Waals surface area contributed by atoms with Gasteiger partial charge in [0.2, 0.25) is 5.91 Å². The van der Waals surface area contributed by atoms with Crippen LogP contribution in [-0.4, -0.2) is 16.8 Å². The fourth-order valence-electron chi connectivity index (χ4n) is 2.98. The van der Waals surface area contributed by atoms with Crippen LogP contribution in [0.15, 0.2) is 72.1 Å². The third kappa shape index (κ3) is 5.60. The van der Waals surface area contributed by atoms with Crippen molar-refractivity contribution in [3.63, 3.8) is 0 Å². The molecule has 6 nitrogen and oxygen atoms in total. The highest BCUT2D eigenvalue weighted by Crippen LogP contribution is 2.31. The molecule has 0 saturated carbocycles. The molecule has 0 fully saturated rings. The second-order valence-corrected chi connectivity index (χ2v) is 8.95. The van der Waals surface area contributed by atoms with E-state index in [4.69, 9.17) is 4.74 Å². The summed E-state index contributed by atoms with van der Waals surface area (Å²) in [5.74, 6) is 0.463. The maximum Gasteiger partial charge on any atom is 0.257 e. The highest BCUT2D eigenvalue weighted by Gasteiger charge is 2.15. The summed E-state index contributed by atoms with van der Waals surface area (Å²) in [5.41, 5.74) is 2.14. The zero-order valence-electron chi connectivity index (χ0n) is 17.3. The fourth-order valence-corrected chi connectivity index (χ4v) is 4.66. The smallest absolute Gasteiger partial charge is 0.257 e. The summed E-state index contributed by atoms with van der Waals surface area (Å²) >= 11 is 2.94. The summed E-state index contributed by atoms with van der Waals surface area (Å²) in [6, 6.07) is 20.8. The van der Waals surface area contributed by atoms with Crippen LogP contribution in [0, 0.1) is 0 Å². The second kappa shape index (κ2) is 10.2. The van der Waals surface area contributed by atoms with E-state index in [1.165, 1.54) is 18.3 Å². The van der Waals surface area contributed by atoms with Gasteiger partial charge in [-0.05, 0) is 30.3 Å². The molecule has 4 rings (SSSR count). The van der Waals surface area contributed by atoms with Gasteiger partial charge in [0.1, 0.15) is 12.4 Å². The van der Waals surface area contributed by atoms with E-state index >= 15 is 0 Å². The van der Waals surface area contributed by atoms with Crippen LogP contribution in [0.2, 0.25) is 0 Å². The lowest BCUT2D eigenvalue weighted by Gasteiger charge is -2.10. The highest BCUT2D eigenvalue weighted by atomic mass is 32.1. The Bertz CT molecular complexity index is 1220. The molecule has 8 heteroatoms. The van der Waals surface area contributed by atoms with Crippen LogP contribution >= 0.6 is 22.7 Å². The minimum absolute atomic E-state index is 0.0620. The van der Waals surface area contributed by atoms with E-state index in [2.05, 4.69) is 15.6 Å². The molecular weight excluding hydrogens is 442 g/mol. The Kier molecular flexibility index (Phi) is 6.94. The molecule has 0 atom stereocenters. The number of hydrogen-bond donors (Lipinski definition) is 2. The van der Waals surface area contributed by atoms with Crippen LogP contribution < -0.4 is 15.4 Å². The van der Waals surface area contributed by atoms with Crippen LogP contribution in [0.4, 0.5) is 5.13 Å². The first-order valence-electron chi connectivity index (χ1n) is 9.94. The second-order valence-electron chi connectivity index (χ2n) is 6.93. The number of carbonyl (C=O) groups excluding carboxylic acids is 2. The van der Waals surface area contributed by atoms with Crippen molar-refractivity contribution in [2.24, 2.45) is 0 Å². The van der Waals surface area contributed by atoms with E-state index in [9.17, 15) is 9.59 Å². The average Bonchev–Trinajstić information content (AvgIpc) is 3.47. The number of ether oxygens (including phenoxy) is 1. The summed E-state index contributed by atoms with van der Waals surface area (Å²) in [6.45, 7) is 2.29. The molecule has 0 spiro atoms. The van der Waals surface area contributed by atoms with Gasteiger partial charge < -0.3 is 10.1 Å². The quantitative estimate of drug-likeness (QED) is 0.370. The standard InChI is InChI=1S/C24H21N3O3S2/c1-16(28)25-13-19-11-12-22(32-19)21-15-31-24(26-21)27-23(29)20-10-6-5-7-17(20)14-30-18-8-3-2-4-9-18/h2-12,15H,13-14H2,1H3,(H,25,28)(H,26,27,29). The van der Waals surface area contributed by atoms with Crippen molar-refractivity contribution in [2.75, 3.05) is 5.32 Å². The largest absolute Gasteiger partial charge is 0.489 e. The third-order valence-corrected chi connectivity index (χ3v) is 6.42. The Labute approximate surface area is 193 Å². The number of nitrogens with zero attached hydrogens (tertiary/aromatic N) is 1. The molecule has 0 aliphatic rings. The SMILES string of the molecule is CC(=O)NCc1ccc(-c2csc(NC(=O)c3ccccc3COc3ccccc3)n2)s1. The molecule has 2 heterocycles. The number of nitrogens with one attached hydrogen (secondary N) is 2. The number of para-hydroxylation sites is 1. The maximum atomic E-state index is 12.9. The fraction of sp³-hybridized carbons (Fsp3) is 0.125. The first kappa shape index (κ1) is 21.7. The predicted molar refractivity (Wildman–Crippen MR) is 128 cm³/mol. The summed E-state index contributed by atoms with van der Waals surface area (Å²) in [4.78, 5) is 30.6. The number of rotatable bonds is 8. The van der Waals surface area contributed by atoms with Gasteiger partial charge in [-0.15, -0.1) is 22.7 Å². The van der Waals surface area contributed by atoms with Crippen LogP contribution in [-0.2, 0) is 17.9 Å². The zero-order chi connectivity index (χ0) is 22.3. The number of thiophene rings is 1. The van der Waals surface area contributed by atoms with Gasteiger partial charge in [-0.25, -0.2) is 4.98 Å². The van der Waals surface area contributed by atoms with Crippen molar-refractivity contribution in [2.45, 2.75) is 20.1 Å². The van der Waals surface area contributed by atoms with Gasteiger partial charge in [0.05, 0.1) is 17.1 Å². The van der Waals surface area contributed by atoms with Gasteiger partial charge >= 0.3 is 0 Å². The van der Waals surface area contributed by atoms with Crippen LogP contribution in [0.3, 0.4) is 0 Å². The van der Waals surface area contributed by atoms with Gasteiger partial charge in [0.15, 0.2) is 5.13 Å². The molecule has 0 aliphatic carbocycles. The van der Waals surface area contributed by atoms with E-state index in [1.807, 2.05) is 66.0 Å². The predicted octanol–water partition coefficient (Wildman–Crippen LogP) is 5.34. The van der Waals surface area contributed by atoms with Crippen molar-refractivity contribution in [1.82, 2.24) is 10.3 Å². The molecular formula is C24H21N3O3S2. The maximum absolute atomic E-state index is 12.9. The van der Waals surface area contributed by atoms with E-state index in [0.29, 0.717) is 23.8 Å². The van der Waals surface area contributed by atoms with Gasteiger partial charge in [-0.2, -0.15) is 0 Å². The lowest BCUT2D eigenvalue weighted by Crippen LogP contribution is -2.17. The van der Waals surface area contributed by atoms with Gasteiger partial charge in [0.25, 0.3) is 5.91 Å². The Balaban J connectivity index is 1.42. The average molecular weight is 464 g/mol. The van der Waals surface area contributed by atoms with Gasteiger partial charge in [-0.3, -0.25) is 14.9 Å². The first-order valence-corrected chi connectivity index (χ1v) is 11.6. The van der Waals surface area contributed by atoms with Gasteiger partial charge in [0, 0.05) is 28.3 Å². The number of amides is 2. The molecule has 32 heavy (non-hydrogen) atoms. The third-order valence-electron chi connectivity index (χ3n) is 4.55. The molecule has 0 bridgehead atoms. The van der Waals surface area contributed by atoms with Crippen molar-refractivity contribution < 1.29 is 14.3 Å². The molecule has 2 aromatic heterocycles. The van der Waals surface area contributed by atoms with Gasteiger partial charge in [-0.1, -0.05) is 36.4 Å². The topological polar surface area (TPSA) is 80.3 Å². The van der Waals surface area contributed by atoms with E-state index in [1.54, 1.807) is 17.4 Å². The van der Waals surface area contributed by atoms with E-state index in [-0.39, 0.29) is 11.8 Å².